The van der Waals surface area contributed by atoms with Gasteiger partial charge in [-0.3, -0.25) is 4.90 Å². The van der Waals surface area contributed by atoms with Crippen molar-refractivity contribution < 1.29 is 24.1 Å². The summed E-state index contributed by atoms with van der Waals surface area (Å²) in [4.78, 5) is 13.0. The minimum absolute atomic E-state index is 0.371. The molecular formula is C14H19NO5. The normalized spacial score (nSPS) is 19.6. The summed E-state index contributed by atoms with van der Waals surface area (Å²) in [7, 11) is 3.19. The highest BCUT2D eigenvalue weighted by molar-refractivity contribution is 5.72. The molecule has 6 nitrogen and oxygen atoms in total. The molecule has 1 aromatic carbocycles. The molecule has 0 aromatic heterocycles. The maximum Gasteiger partial charge on any atom is 0.334 e. The van der Waals surface area contributed by atoms with E-state index in [0.717, 1.165) is 5.56 Å². The molecule has 1 unspecified atom stereocenters. The first-order valence-corrected chi connectivity index (χ1v) is 6.42. The number of rotatable bonds is 5. The van der Waals surface area contributed by atoms with Gasteiger partial charge in [-0.25, -0.2) is 4.79 Å². The fourth-order valence-corrected chi connectivity index (χ4v) is 2.31. The number of hydrogen-bond donors (Lipinski definition) is 1. The Kier molecular flexibility index (Phi) is 4.81. The molecule has 6 heteroatoms. The third-order valence-corrected chi connectivity index (χ3v) is 3.30. The molecule has 1 aromatic rings. The van der Waals surface area contributed by atoms with Crippen LogP contribution in [0.3, 0.4) is 0 Å². The van der Waals surface area contributed by atoms with Crippen LogP contribution in [0.5, 0.6) is 11.5 Å². The Balaban J connectivity index is 2.11. The number of benzene rings is 1. The highest BCUT2D eigenvalue weighted by Gasteiger charge is 2.26. The molecule has 1 fully saturated rings. The number of para-hydroxylation sites is 1. The Morgan fingerprint density at radius 1 is 1.45 bits per heavy atom. The quantitative estimate of drug-likeness (QED) is 0.868. The van der Waals surface area contributed by atoms with Gasteiger partial charge in [0, 0.05) is 25.2 Å². The Morgan fingerprint density at radius 2 is 2.25 bits per heavy atom. The number of carboxylic acid groups (broad SMARTS) is 1. The standard InChI is InChI=1S/C14H19NO5/c1-18-11-5-3-4-10(13(11)19-2)8-15-6-7-20-12(9-15)14(16)17/h3-5,12H,6-9H2,1-2H3,(H,16,17). The second kappa shape index (κ2) is 6.58. The van der Waals surface area contributed by atoms with Crippen molar-refractivity contribution in [3.8, 4) is 11.5 Å². The van der Waals surface area contributed by atoms with Crippen LogP contribution < -0.4 is 9.47 Å². The molecule has 1 aliphatic heterocycles. The van der Waals surface area contributed by atoms with Gasteiger partial charge in [-0.2, -0.15) is 0 Å². The molecule has 20 heavy (non-hydrogen) atoms. The lowest BCUT2D eigenvalue weighted by atomic mass is 10.1. The lowest BCUT2D eigenvalue weighted by molar-refractivity contribution is -0.156. The van der Waals surface area contributed by atoms with Gasteiger partial charge in [0.2, 0.25) is 0 Å². The van der Waals surface area contributed by atoms with E-state index in [2.05, 4.69) is 0 Å². The summed E-state index contributed by atoms with van der Waals surface area (Å²) in [6.45, 7) is 2.09. The molecule has 0 saturated carbocycles. The smallest absolute Gasteiger partial charge is 0.334 e. The van der Waals surface area contributed by atoms with Crippen molar-refractivity contribution in [1.82, 2.24) is 4.90 Å². The number of morpholine rings is 1. The van der Waals surface area contributed by atoms with E-state index in [1.807, 2.05) is 23.1 Å². The Morgan fingerprint density at radius 3 is 2.90 bits per heavy atom. The summed E-state index contributed by atoms with van der Waals surface area (Å²) in [6, 6.07) is 5.68. The molecule has 0 bridgehead atoms. The van der Waals surface area contributed by atoms with Crippen LogP contribution >= 0.6 is 0 Å². The first kappa shape index (κ1) is 14.6. The zero-order valence-electron chi connectivity index (χ0n) is 11.7. The lowest BCUT2D eigenvalue weighted by Gasteiger charge is -2.31. The maximum absolute atomic E-state index is 11.0. The van der Waals surface area contributed by atoms with Crippen LogP contribution in [0.4, 0.5) is 0 Å². The monoisotopic (exact) mass is 281 g/mol. The highest BCUT2D eigenvalue weighted by Crippen LogP contribution is 2.31. The molecule has 1 atom stereocenters. The summed E-state index contributed by atoms with van der Waals surface area (Å²) in [5.41, 5.74) is 0.970. The summed E-state index contributed by atoms with van der Waals surface area (Å²) < 4.78 is 15.9. The Labute approximate surface area is 117 Å². The molecule has 2 rings (SSSR count). The van der Waals surface area contributed by atoms with Crippen molar-refractivity contribution in [1.29, 1.82) is 0 Å². The molecular weight excluding hydrogens is 262 g/mol. The molecule has 110 valence electrons. The van der Waals surface area contributed by atoms with Gasteiger partial charge < -0.3 is 19.3 Å². The minimum Gasteiger partial charge on any atom is -0.493 e. The van der Waals surface area contributed by atoms with Gasteiger partial charge >= 0.3 is 5.97 Å². The fourth-order valence-electron chi connectivity index (χ4n) is 2.31. The van der Waals surface area contributed by atoms with Crippen LogP contribution in [-0.2, 0) is 16.1 Å². The lowest BCUT2D eigenvalue weighted by Crippen LogP contribution is -2.45. The first-order chi connectivity index (χ1) is 9.65. The van der Waals surface area contributed by atoms with Gasteiger partial charge in [0.15, 0.2) is 17.6 Å². The van der Waals surface area contributed by atoms with Gasteiger partial charge in [-0.15, -0.1) is 0 Å². The molecule has 0 radical (unpaired) electrons. The van der Waals surface area contributed by atoms with Gasteiger partial charge in [-0.1, -0.05) is 12.1 Å². The van der Waals surface area contributed by atoms with E-state index in [9.17, 15) is 4.79 Å². The van der Waals surface area contributed by atoms with Crippen LogP contribution in [0.15, 0.2) is 18.2 Å². The topological polar surface area (TPSA) is 68.2 Å². The predicted molar refractivity (Wildman–Crippen MR) is 72.2 cm³/mol. The average molecular weight is 281 g/mol. The zero-order chi connectivity index (χ0) is 14.5. The Hall–Kier alpha value is -1.79. The van der Waals surface area contributed by atoms with Crippen molar-refractivity contribution in [2.24, 2.45) is 0 Å². The summed E-state index contributed by atoms with van der Waals surface area (Å²) in [6.07, 6.45) is -0.764. The number of hydrogen-bond acceptors (Lipinski definition) is 5. The number of aliphatic carboxylic acids is 1. The van der Waals surface area contributed by atoms with Crippen LogP contribution in [0.25, 0.3) is 0 Å². The number of carbonyl (C=O) groups is 1. The highest BCUT2D eigenvalue weighted by atomic mass is 16.5. The van der Waals surface area contributed by atoms with Gasteiger partial charge in [-0.05, 0) is 6.07 Å². The van der Waals surface area contributed by atoms with Crippen molar-refractivity contribution in [2.45, 2.75) is 12.6 Å². The van der Waals surface area contributed by atoms with Crippen LogP contribution in [0.1, 0.15) is 5.56 Å². The van der Waals surface area contributed by atoms with Crippen molar-refractivity contribution in [3.63, 3.8) is 0 Å². The van der Waals surface area contributed by atoms with E-state index in [0.29, 0.717) is 37.7 Å². The zero-order valence-corrected chi connectivity index (χ0v) is 11.7. The van der Waals surface area contributed by atoms with Gasteiger partial charge in [0.05, 0.1) is 20.8 Å². The number of methoxy groups -OCH3 is 2. The van der Waals surface area contributed by atoms with Crippen molar-refractivity contribution >= 4 is 5.97 Å². The predicted octanol–water partition coefficient (Wildman–Crippen LogP) is 0.989. The molecule has 1 saturated heterocycles. The van der Waals surface area contributed by atoms with Crippen LogP contribution in [-0.4, -0.2) is 56.0 Å². The number of ether oxygens (including phenoxy) is 3. The molecule has 1 aliphatic rings. The third kappa shape index (κ3) is 3.20. The molecule has 0 spiro atoms. The fraction of sp³-hybridized carbons (Fsp3) is 0.500. The second-order valence-corrected chi connectivity index (χ2v) is 4.59. The van der Waals surface area contributed by atoms with E-state index < -0.39 is 12.1 Å². The minimum atomic E-state index is -0.924. The summed E-state index contributed by atoms with van der Waals surface area (Å²) in [5.74, 6) is 0.439. The number of carboxylic acids is 1. The third-order valence-electron chi connectivity index (χ3n) is 3.30. The van der Waals surface area contributed by atoms with Crippen LogP contribution in [0.2, 0.25) is 0 Å². The van der Waals surface area contributed by atoms with Crippen LogP contribution in [0, 0.1) is 0 Å². The van der Waals surface area contributed by atoms with E-state index in [1.54, 1.807) is 14.2 Å². The van der Waals surface area contributed by atoms with E-state index in [-0.39, 0.29) is 0 Å². The van der Waals surface area contributed by atoms with Crippen molar-refractivity contribution in [2.75, 3.05) is 33.9 Å². The Bertz CT molecular complexity index is 477. The summed E-state index contributed by atoms with van der Waals surface area (Å²) >= 11 is 0. The SMILES string of the molecule is COc1cccc(CN2CCOC(C(=O)O)C2)c1OC. The molecule has 1 N–H and O–H groups in total. The van der Waals surface area contributed by atoms with E-state index in [1.165, 1.54) is 0 Å². The van der Waals surface area contributed by atoms with Gasteiger partial charge in [0.25, 0.3) is 0 Å². The largest absolute Gasteiger partial charge is 0.493 e. The molecule has 0 amide bonds. The van der Waals surface area contributed by atoms with E-state index in [4.69, 9.17) is 19.3 Å². The molecule has 0 aliphatic carbocycles. The van der Waals surface area contributed by atoms with Crippen molar-refractivity contribution in [3.05, 3.63) is 23.8 Å². The number of nitrogens with zero attached hydrogens (tertiary/aromatic N) is 1. The summed E-state index contributed by atoms with van der Waals surface area (Å²) in [5, 5.41) is 9.01. The average Bonchev–Trinajstić information content (AvgIpc) is 2.47. The second-order valence-electron chi connectivity index (χ2n) is 4.59. The van der Waals surface area contributed by atoms with Gasteiger partial charge in [0.1, 0.15) is 0 Å². The molecule has 1 heterocycles. The van der Waals surface area contributed by atoms with E-state index >= 15 is 0 Å². The first-order valence-electron chi connectivity index (χ1n) is 6.42. The maximum atomic E-state index is 11.0.